The predicted octanol–water partition coefficient (Wildman–Crippen LogP) is 5.53. The van der Waals surface area contributed by atoms with Gasteiger partial charge in [-0.3, -0.25) is 14.2 Å². The molecule has 36 heavy (non-hydrogen) atoms. The van der Waals surface area contributed by atoms with Crippen LogP contribution in [0.2, 0.25) is 0 Å². The molecule has 1 atom stereocenters. The van der Waals surface area contributed by atoms with Crippen molar-refractivity contribution in [2.75, 3.05) is 11.1 Å². The van der Waals surface area contributed by atoms with Crippen molar-refractivity contribution in [2.24, 2.45) is 5.92 Å². The molecule has 0 aliphatic carbocycles. The van der Waals surface area contributed by atoms with Gasteiger partial charge in [0.2, 0.25) is 5.91 Å². The smallest absolute Gasteiger partial charge is 0.263 e. The maximum absolute atomic E-state index is 13.9. The number of nitrogens with one attached hydrogen (secondary N) is 1. The van der Waals surface area contributed by atoms with Gasteiger partial charge in [-0.05, 0) is 35.6 Å². The van der Waals surface area contributed by atoms with Crippen molar-refractivity contribution >= 4 is 44.9 Å². The lowest BCUT2D eigenvalue weighted by Crippen LogP contribution is -2.29. The monoisotopic (exact) mass is 519 g/mol. The van der Waals surface area contributed by atoms with Crippen molar-refractivity contribution in [1.29, 1.82) is 0 Å². The number of rotatable bonds is 8. The summed E-state index contributed by atoms with van der Waals surface area (Å²) in [7, 11) is 0. The molecule has 1 amide bonds. The van der Waals surface area contributed by atoms with Crippen LogP contribution in [0.1, 0.15) is 29.9 Å². The summed E-state index contributed by atoms with van der Waals surface area (Å²) in [6, 6.07) is 19.5. The van der Waals surface area contributed by atoms with Crippen molar-refractivity contribution in [2.45, 2.75) is 51.1 Å². The minimum Gasteiger partial charge on any atom is -0.372 e. The second kappa shape index (κ2) is 11.0. The van der Waals surface area contributed by atoms with Crippen molar-refractivity contribution in [3.05, 3.63) is 87.0 Å². The van der Waals surface area contributed by atoms with Gasteiger partial charge in [-0.1, -0.05) is 74.1 Å². The molecule has 6 nitrogen and oxygen atoms in total. The van der Waals surface area contributed by atoms with Crippen LogP contribution in [-0.4, -0.2) is 27.3 Å². The van der Waals surface area contributed by atoms with E-state index in [9.17, 15) is 9.59 Å². The fraction of sp³-hybridized carbons (Fsp3) is 0.321. The van der Waals surface area contributed by atoms with Crippen LogP contribution in [0.15, 0.2) is 70.6 Å². The molecule has 0 saturated heterocycles. The van der Waals surface area contributed by atoms with E-state index in [1.165, 1.54) is 23.1 Å². The Kier molecular flexibility index (Phi) is 7.55. The Bertz CT molecular complexity index is 1420. The van der Waals surface area contributed by atoms with Crippen LogP contribution in [0, 0.1) is 5.92 Å². The highest BCUT2D eigenvalue weighted by atomic mass is 32.2. The first-order valence-electron chi connectivity index (χ1n) is 12.2. The first-order chi connectivity index (χ1) is 17.5. The number of aromatic nitrogens is 2. The molecule has 0 saturated carbocycles. The molecule has 2 aromatic carbocycles. The lowest BCUT2D eigenvalue weighted by Gasteiger charge is -2.26. The van der Waals surface area contributed by atoms with E-state index < -0.39 is 0 Å². The molecule has 4 aromatic rings. The summed E-state index contributed by atoms with van der Waals surface area (Å²) < 4.78 is 7.80. The molecular weight excluding hydrogens is 490 g/mol. The van der Waals surface area contributed by atoms with Crippen molar-refractivity contribution in [1.82, 2.24) is 9.55 Å². The molecule has 1 aliphatic heterocycles. The van der Waals surface area contributed by atoms with E-state index in [-0.39, 0.29) is 23.3 Å². The van der Waals surface area contributed by atoms with Gasteiger partial charge < -0.3 is 10.1 Å². The van der Waals surface area contributed by atoms with Crippen LogP contribution in [0.3, 0.4) is 0 Å². The zero-order valence-electron chi connectivity index (χ0n) is 20.4. The quantitative estimate of drug-likeness (QED) is 0.245. The fourth-order valence-electron chi connectivity index (χ4n) is 4.41. The second-order valence-electron chi connectivity index (χ2n) is 9.27. The van der Waals surface area contributed by atoms with Crippen LogP contribution >= 0.6 is 23.1 Å². The standard InChI is InChI=1S/C28H29N3O3S2/c1-18(2)22-15-21-23(16-34-22)36-26-25(21)27(33)31(14-13-19-9-5-3-6-10-19)28(30-26)35-17-24(32)29-20-11-7-4-8-12-20/h3-12,18,22H,13-17H2,1-2H3,(H,29,32)/t22-/m1/s1. The number of anilines is 1. The fourth-order valence-corrected chi connectivity index (χ4v) is 6.40. The van der Waals surface area contributed by atoms with Crippen molar-refractivity contribution in [3.63, 3.8) is 0 Å². The Hall–Kier alpha value is -2.94. The molecule has 1 aliphatic rings. The summed E-state index contributed by atoms with van der Waals surface area (Å²) in [5.41, 5.74) is 2.97. The first kappa shape index (κ1) is 24.7. The van der Waals surface area contributed by atoms with Crippen LogP contribution in [0.25, 0.3) is 10.2 Å². The van der Waals surface area contributed by atoms with Crippen LogP contribution < -0.4 is 10.9 Å². The van der Waals surface area contributed by atoms with E-state index in [4.69, 9.17) is 9.72 Å². The number of aryl methyl sites for hydroxylation is 1. The van der Waals surface area contributed by atoms with Gasteiger partial charge in [0, 0.05) is 23.5 Å². The Balaban J connectivity index is 1.46. The molecule has 0 spiro atoms. The van der Waals surface area contributed by atoms with E-state index in [1.807, 2.05) is 48.5 Å². The van der Waals surface area contributed by atoms with Crippen molar-refractivity contribution in [3.8, 4) is 0 Å². The van der Waals surface area contributed by atoms with Gasteiger partial charge in [-0.2, -0.15) is 0 Å². The Morgan fingerprint density at radius 1 is 1.17 bits per heavy atom. The molecule has 5 rings (SSSR count). The Labute approximate surface area is 218 Å². The second-order valence-corrected chi connectivity index (χ2v) is 11.3. The highest BCUT2D eigenvalue weighted by Crippen LogP contribution is 2.36. The van der Waals surface area contributed by atoms with Crippen molar-refractivity contribution < 1.29 is 9.53 Å². The number of thiophene rings is 1. The van der Waals surface area contributed by atoms with E-state index in [1.54, 1.807) is 4.57 Å². The highest BCUT2D eigenvalue weighted by Gasteiger charge is 2.28. The summed E-state index contributed by atoms with van der Waals surface area (Å²) in [5, 5.41) is 4.20. The van der Waals surface area contributed by atoms with Crippen LogP contribution in [0.5, 0.6) is 0 Å². The van der Waals surface area contributed by atoms with E-state index in [0.717, 1.165) is 38.3 Å². The number of carbonyl (C=O) groups excluding carboxylic acids is 1. The maximum atomic E-state index is 13.9. The number of para-hydroxylation sites is 1. The summed E-state index contributed by atoms with van der Waals surface area (Å²) in [5.74, 6) is 0.412. The number of thioether (sulfide) groups is 1. The molecule has 0 unspecified atom stereocenters. The number of hydrogen-bond donors (Lipinski definition) is 1. The van der Waals surface area contributed by atoms with Gasteiger partial charge in [-0.15, -0.1) is 11.3 Å². The van der Waals surface area contributed by atoms with Gasteiger partial charge in [0.05, 0.1) is 23.8 Å². The van der Waals surface area contributed by atoms with E-state index in [0.29, 0.717) is 30.6 Å². The SMILES string of the molecule is CC(C)[C@H]1Cc2c(sc3nc(SCC(=O)Nc4ccccc4)n(CCc4ccccc4)c(=O)c23)CO1. The van der Waals surface area contributed by atoms with Gasteiger partial charge >= 0.3 is 0 Å². The minimum atomic E-state index is -0.131. The number of benzene rings is 2. The van der Waals surface area contributed by atoms with E-state index >= 15 is 0 Å². The van der Waals surface area contributed by atoms with Gasteiger partial charge in [0.25, 0.3) is 5.56 Å². The molecule has 186 valence electrons. The first-order valence-corrected chi connectivity index (χ1v) is 14.0. The Morgan fingerprint density at radius 2 is 1.89 bits per heavy atom. The molecule has 0 fully saturated rings. The number of ether oxygens (including phenoxy) is 1. The molecular formula is C28H29N3O3S2. The number of amides is 1. The summed E-state index contributed by atoms with van der Waals surface area (Å²) >= 11 is 2.84. The predicted molar refractivity (Wildman–Crippen MR) is 147 cm³/mol. The topological polar surface area (TPSA) is 73.2 Å². The number of hydrogen-bond acceptors (Lipinski definition) is 6. The largest absolute Gasteiger partial charge is 0.372 e. The van der Waals surface area contributed by atoms with Crippen LogP contribution in [0.4, 0.5) is 5.69 Å². The molecule has 3 heterocycles. The zero-order valence-corrected chi connectivity index (χ0v) is 22.0. The number of fused-ring (bicyclic) bond motifs is 3. The Morgan fingerprint density at radius 3 is 2.61 bits per heavy atom. The lowest BCUT2D eigenvalue weighted by atomic mass is 9.96. The molecule has 1 N–H and O–H groups in total. The average Bonchev–Trinajstić information content (AvgIpc) is 3.26. The van der Waals surface area contributed by atoms with Gasteiger partial charge in [-0.25, -0.2) is 4.98 Å². The van der Waals surface area contributed by atoms with E-state index in [2.05, 4.69) is 31.3 Å². The third-order valence-electron chi connectivity index (χ3n) is 6.39. The normalized spacial score (nSPS) is 15.2. The minimum absolute atomic E-state index is 0.0243. The number of nitrogens with zero attached hydrogens (tertiary/aromatic N) is 2. The summed E-state index contributed by atoms with van der Waals surface area (Å²) in [6.07, 6.45) is 1.54. The number of carbonyl (C=O) groups is 1. The average molecular weight is 520 g/mol. The summed E-state index contributed by atoms with van der Waals surface area (Å²) in [6.45, 7) is 5.32. The lowest BCUT2D eigenvalue weighted by molar-refractivity contribution is -0.113. The van der Waals surface area contributed by atoms with Gasteiger partial charge in [0.15, 0.2) is 5.16 Å². The highest BCUT2D eigenvalue weighted by molar-refractivity contribution is 7.99. The third-order valence-corrected chi connectivity index (χ3v) is 8.47. The third kappa shape index (κ3) is 5.40. The molecule has 0 radical (unpaired) electrons. The van der Waals surface area contributed by atoms with Gasteiger partial charge in [0.1, 0.15) is 4.83 Å². The molecule has 8 heteroatoms. The summed E-state index contributed by atoms with van der Waals surface area (Å²) in [4.78, 5) is 33.2. The zero-order chi connectivity index (χ0) is 25.1. The molecule has 0 bridgehead atoms. The van der Waals surface area contributed by atoms with Crippen LogP contribution in [-0.2, 0) is 35.5 Å². The molecule has 2 aromatic heterocycles. The maximum Gasteiger partial charge on any atom is 0.263 e.